The van der Waals surface area contributed by atoms with Gasteiger partial charge >= 0.3 is 0 Å². The van der Waals surface area contributed by atoms with Gasteiger partial charge in [0.25, 0.3) is 0 Å². The van der Waals surface area contributed by atoms with Gasteiger partial charge in [-0.2, -0.15) is 0 Å². The van der Waals surface area contributed by atoms with Gasteiger partial charge in [0.15, 0.2) is 12.6 Å². The Morgan fingerprint density at radius 1 is 0.838 bits per heavy atom. The number of hydrogen-bond donors (Lipinski definition) is 0. The summed E-state index contributed by atoms with van der Waals surface area (Å²) in [6.45, 7) is 7.48. The van der Waals surface area contributed by atoms with Crippen LogP contribution in [0, 0.1) is 11.8 Å². The second-order valence-electron chi connectivity index (χ2n) is 10.1. The van der Waals surface area contributed by atoms with Gasteiger partial charge in [0, 0.05) is 16.7 Å². The first-order chi connectivity index (χ1) is 18.0. The third-order valence-corrected chi connectivity index (χ3v) is 7.64. The quantitative estimate of drug-likeness (QED) is 0.268. The lowest BCUT2D eigenvalue weighted by Gasteiger charge is -2.46. The number of ether oxygens (including phenoxy) is 6. The Balaban J connectivity index is 1.33. The highest BCUT2D eigenvalue weighted by molar-refractivity contribution is 5.14. The molecular weight excluding hydrogens is 474 g/mol. The van der Waals surface area contributed by atoms with Crippen LogP contribution >= 0.6 is 0 Å². The molecule has 0 aromatic heterocycles. The third kappa shape index (κ3) is 5.84. The summed E-state index contributed by atoms with van der Waals surface area (Å²) < 4.78 is 37.6. The lowest BCUT2D eigenvalue weighted by molar-refractivity contribution is -0.312. The van der Waals surface area contributed by atoms with Gasteiger partial charge in [0.1, 0.15) is 24.4 Å². The monoisotopic (exact) mass is 509 g/mol. The SMILES string of the molecule is CC1O[C@@H](O[C@H]2C(OCc3ccccc3)C(N=[N+]=[N-])[C@@H]3OC[C@@H]2O3)C(C)[C@H](OCc2ccccc2)[C@@H]1C. The third-order valence-electron chi connectivity index (χ3n) is 7.64. The maximum Gasteiger partial charge on any atom is 0.169 e. The first-order valence-electron chi connectivity index (χ1n) is 13.0. The molecule has 9 heteroatoms. The normalized spacial score (nSPS) is 37.2. The Labute approximate surface area is 217 Å². The lowest BCUT2D eigenvalue weighted by Crippen LogP contribution is -2.59. The summed E-state index contributed by atoms with van der Waals surface area (Å²) in [4.78, 5) is 3.04. The highest BCUT2D eigenvalue weighted by Crippen LogP contribution is 2.39. The first kappa shape index (κ1) is 26.1. The molecule has 2 bridgehead atoms. The van der Waals surface area contributed by atoms with Crippen LogP contribution in [-0.2, 0) is 41.6 Å². The number of hydrogen-bond acceptors (Lipinski definition) is 7. The van der Waals surface area contributed by atoms with Crippen molar-refractivity contribution in [1.82, 2.24) is 0 Å². The molecule has 3 heterocycles. The van der Waals surface area contributed by atoms with Crippen molar-refractivity contribution in [2.24, 2.45) is 17.0 Å². The van der Waals surface area contributed by atoms with E-state index in [1.807, 2.05) is 55.5 Å². The molecule has 0 N–H and O–H groups in total. The van der Waals surface area contributed by atoms with Gasteiger partial charge in [0.05, 0.1) is 32.0 Å². The molecule has 0 saturated carbocycles. The fourth-order valence-electron chi connectivity index (χ4n) is 5.40. The van der Waals surface area contributed by atoms with Crippen molar-refractivity contribution < 1.29 is 28.4 Å². The minimum absolute atomic E-state index is 0.0531. The van der Waals surface area contributed by atoms with Crippen LogP contribution in [0.15, 0.2) is 65.8 Å². The molecule has 0 spiro atoms. The molecule has 3 aliphatic heterocycles. The fourth-order valence-corrected chi connectivity index (χ4v) is 5.40. The van der Waals surface area contributed by atoms with Crippen LogP contribution in [0.3, 0.4) is 0 Å². The number of fused-ring (bicyclic) bond motifs is 2. The molecule has 10 atom stereocenters. The molecule has 37 heavy (non-hydrogen) atoms. The first-order valence-corrected chi connectivity index (χ1v) is 13.0. The number of benzene rings is 2. The van der Waals surface area contributed by atoms with E-state index < -0.39 is 30.8 Å². The van der Waals surface area contributed by atoms with Crippen molar-refractivity contribution in [1.29, 1.82) is 0 Å². The Morgan fingerprint density at radius 3 is 2.08 bits per heavy atom. The number of azide groups is 1. The molecule has 0 aliphatic carbocycles. The number of nitrogens with zero attached hydrogens (tertiary/aromatic N) is 3. The Kier molecular flexibility index (Phi) is 8.42. The van der Waals surface area contributed by atoms with Crippen molar-refractivity contribution >= 4 is 0 Å². The van der Waals surface area contributed by atoms with Crippen molar-refractivity contribution in [2.75, 3.05) is 6.61 Å². The van der Waals surface area contributed by atoms with Crippen molar-refractivity contribution in [3.8, 4) is 0 Å². The molecule has 2 aromatic carbocycles. The van der Waals surface area contributed by atoms with Crippen LogP contribution < -0.4 is 0 Å². The van der Waals surface area contributed by atoms with E-state index >= 15 is 0 Å². The zero-order valence-electron chi connectivity index (χ0n) is 21.5. The van der Waals surface area contributed by atoms with E-state index in [4.69, 9.17) is 28.4 Å². The maximum absolute atomic E-state index is 9.26. The van der Waals surface area contributed by atoms with Crippen LogP contribution in [0.1, 0.15) is 31.9 Å². The van der Waals surface area contributed by atoms with E-state index in [9.17, 15) is 5.53 Å². The van der Waals surface area contributed by atoms with Crippen molar-refractivity contribution in [2.45, 2.75) is 83.1 Å². The van der Waals surface area contributed by atoms with E-state index in [1.54, 1.807) is 0 Å². The van der Waals surface area contributed by atoms with E-state index in [0.29, 0.717) is 19.8 Å². The Bertz CT molecular complexity index is 1050. The van der Waals surface area contributed by atoms with Crippen LogP contribution in [0.25, 0.3) is 10.4 Å². The largest absolute Gasteiger partial charge is 0.373 e. The highest BCUT2D eigenvalue weighted by Gasteiger charge is 2.54. The second-order valence-corrected chi connectivity index (χ2v) is 10.1. The molecule has 0 radical (unpaired) electrons. The average molecular weight is 510 g/mol. The summed E-state index contributed by atoms with van der Waals surface area (Å²) >= 11 is 0. The summed E-state index contributed by atoms with van der Waals surface area (Å²) in [7, 11) is 0. The summed E-state index contributed by atoms with van der Waals surface area (Å²) in [5.41, 5.74) is 11.4. The van der Waals surface area contributed by atoms with Crippen molar-refractivity contribution in [3.05, 3.63) is 82.2 Å². The second kappa shape index (κ2) is 11.9. The molecule has 5 rings (SSSR count). The minimum atomic E-state index is -0.683. The summed E-state index contributed by atoms with van der Waals surface area (Å²) in [6, 6.07) is 19.3. The molecule has 0 amide bonds. The Morgan fingerprint density at radius 2 is 1.46 bits per heavy atom. The molecule has 198 valence electrons. The molecular formula is C28H35N3O6. The fraction of sp³-hybridized carbons (Fsp3) is 0.571. The predicted octanol–water partition coefficient (Wildman–Crippen LogP) is 4.99. The van der Waals surface area contributed by atoms with E-state index in [1.165, 1.54) is 0 Å². The predicted molar refractivity (Wildman–Crippen MR) is 135 cm³/mol. The molecule has 3 fully saturated rings. The summed E-state index contributed by atoms with van der Waals surface area (Å²) in [5, 5.41) is 3.98. The average Bonchev–Trinajstić information content (AvgIpc) is 3.36. The van der Waals surface area contributed by atoms with E-state index in [2.05, 4.69) is 36.0 Å². The summed E-state index contributed by atoms with van der Waals surface area (Å²) in [6.07, 6.45) is -2.81. The van der Waals surface area contributed by atoms with Crippen molar-refractivity contribution in [3.63, 3.8) is 0 Å². The van der Waals surface area contributed by atoms with Gasteiger partial charge in [-0.25, -0.2) is 0 Å². The van der Waals surface area contributed by atoms with Gasteiger partial charge in [-0.05, 0) is 23.6 Å². The van der Waals surface area contributed by atoms with Gasteiger partial charge in [-0.1, -0.05) is 79.6 Å². The molecule has 2 aromatic rings. The lowest BCUT2D eigenvalue weighted by atomic mass is 9.86. The standard InChI is InChI=1S/C28H35N3O6/c1-17-19(3)35-27(18(2)24(17)32-14-20-10-6-4-7-11-20)37-25-22-16-34-28(36-22)23(30-31-29)26(25)33-15-21-12-8-5-9-13-21/h4-13,17-19,22-28H,14-16H2,1-3H3/t17-,18?,19?,22+,23?,24-,25-,26?,27+,28-/m1/s1. The zero-order chi connectivity index (χ0) is 25.8. The molecule has 4 unspecified atom stereocenters. The van der Waals surface area contributed by atoms with E-state index in [-0.39, 0.29) is 30.1 Å². The maximum atomic E-state index is 9.26. The smallest absolute Gasteiger partial charge is 0.169 e. The van der Waals surface area contributed by atoms with Gasteiger partial charge in [0.2, 0.25) is 0 Å². The van der Waals surface area contributed by atoms with E-state index in [0.717, 1.165) is 11.1 Å². The summed E-state index contributed by atoms with van der Waals surface area (Å²) in [5.74, 6) is 0.129. The molecule has 3 aliphatic rings. The highest BCUT2D eigenvalue weighted by atomic mass is 16.8. The van der Waals surface area contributed by atoms with Gasteiger partial charge in [-0.15, -0.1) is 0 Å². The minimum Gasteiger partial charge on any atom is -0.373 e. The van der Waals surface area contributed by atoms with Crippen LogP contribution in [-0.4, -0.2) is 55.7 Å². The van der Waals surface area contributed by atoms with Crippen LogP contribution in [0.4, 0.5) is 0 Å². The number of rotatable bonds is 9. The molecule has 3 saturated heterocycles. The topological polar surface area (TPSA) is 104 Å². The zero-order valence-corrected chi connectivity index (χ0v) is 21.5. The van der Waals surface area contributed by atoms with Crippen LogP contribution in [0.5, 0.6) is 0 Å². The van der Waals surface area contributed by atoms with Crippen LogP contribution in [0.2, 0.25) is 0 Å². The van der Waals surface area contributed by atoms with Gasteiger partial charge < -0.3 is 28.4 Å². The molecule has 9 nitrogen and oxygen atoms in total. The Hall–Kier alpha value is -2.49. The van der Waals surface area contributed by atoms with Gasteiger partial charge in [-0.3, -0.25) is 0 Å².